The Hall–Kier alpha value is -1.26. The summed E-state index contributed by atoms with van der Waals surface area (Å²) in [6.45, 7) is 6.19. The molecule has 2 rings (SSSR count). The van der Waals surface area contributed by atoms with Crippen molar-refractivity contribution in [3.63, 3.8) is 0 Å². The van der Waals surface area contributed by atoms with E-state index in [0.29, 0.717) is 19.2 Å². The lowest BCUT2D eigenvalue weighted by Gasteiger charge is -2.27. The van der Waals surface area contributed by atoms with Gasteiger partial charge in [0.15, 0.2) is 0 Å². The predicted octanol–water partition coefficient (Wildman–Crippen LogP) is 2.51. The summed E-state index contributed by atoms with van der Waals surface area (Å²) in [6, 6.07) is 8.28. The summed E-state index contributed by atoms with van der Waals surface area (Å²) in [4.78, 5) is 12.2. The van der Waals surface area contributed by atoms with Crippen molar-refractivity contribution in [2.45, 2.75) is 39.3 Å². The van der Waals surface area contributed by atoms with Gasteiger partial charge in [0, 0.05) is 24.1 Å². The number of rotatable bonds is 5. The lowest BCUT2D eigenvalue weighted by Crippen LogP contribution is -2.42. The molecule has 0 bridgehead atoms. The fraction of sp³-hybridized carbons (Fsp3) is 0.562. The van der Waals surface area contributed by atoms with Gasteiger partial charge in [-0.3, -0.25) is 4.79 Å². The highest BCUT2D eigenvalue weighted by atomic mass is 35.5. The van der Waals surface area contributed by atoms with Crippen molar-refractivity contribution < 1.29 is 9.53 Å². The average Bonchev–Trinajstić information content (AvgIpc) is 2.46. The molecular formula is C16H25ClN2O2. The zero-order valence-corrected chi connectivity index (χ0v) is 13.5. The maximum Gasteiger partial charge on any atom is 0.223 e. The molecule has 5 heteroatoms. The first-order chi connectivity index (χ1) is 9.70. The molecule has 1 aromatic rings. The third-order valence-electron chi connectivity index (χ3n) is 3.72. The highest BCUT2D eigenvalue weighted by Gasteiger charge is 2.24. The standard InChI is InChI=1S/C16H24N2O2.ClH/c1-3-20-15-7-5-4-6-14(15)11-18-16(19)13-8-9-17-12(2)10-13;/h4-7,12-13,17H,3,8-11H2,1-2H3,(H,18,19);1H/t12-,13-;/m0./s1. The summed E-state index contributed by atoms with van der Waals surface area (Å²) in [5.41, 5.74) is 1.03. The molecule has 21 heavy (non-hydrogen) atoms. The number of hydrogen-bond donors (Lipinski definition) is 2. The van der Waals surface area contributed by atoms with E-state index in [2.05, 4.69) is 17.6 Å². The minimum atomic E-state index is 0. The molecule has 1 heterocycles. The second-order valence-corrected chi connectivity index (χ2v) is 5.34. The molecule has 1 aliphatic rings. The van der Waals surface area contributed by atoms with Gasteiger partial charge in [0.05, 0.1) is 6.61 Å². The SMILES string of the molecule is CCOc1ccccc1CNC(=O)[C@H]1CCN[C@@H](C)C1.Cl. The summed E-state index contributed by atoms with van der Waals surface area (Å²) < 4.78 is 5.57. The Morgan fingerprint density at radius 3 is 2.90 bits per heavy atom. The van der Waals surface area contributed by atoms with Crippen molar-refractivity contribution in [1.82, 2.24) is 10.6 Å². The Kier molecular flexibility index (Phi) is 7.54. The van der Waals surface area contributed by atoms with Crippen LogP contribution >= 0.6 is 12.4 Å². The van der Waals surface area contributed by atoms with E-state index in [1.54, 1.807) is 0 Å². The number of carbonyl (C=O) groups excluding carboxylic acids is 1. The van der Waals surface area contributed by atoms with Crippen LogP contribution in [0.25, 0.3) is 0 Å². The molecule has 2 N–H and O–H groups in total. The number of benzene rings is 1. The summed E-state index contributed by atoms with van der Waals surface area (Å²) in [5.74, 6) is 1.14. The van der Waals surface area contributed by atoms with Crippen LogP contribution in [0.1, 0.15) is 32.3 Å². The normalized spacial score (nSPS) is 21.2. The monoisotopic (exact) mass is 312 g/mol. The molecule has 0 aromatic heterocycles. The molecule has 1 amide bonds. The Balaban J connectivity index is 0.00000220. The maximum atomic E-state index is 12.2. The molecule has 0 spiro atoms. The second-order valence-electron chi connectivity index (χ2n) is 5.34. The van der Waals surface area contributed by atoms with Gasteiger partial charge in [-0.1, -0.05) is 18.2 Å². The number of nitrogens with one attached hydrogen (secondary N) is 2. The zero-order chi connectivity index (χ0) is 14.4. The molecule has 1 aliphatic heterocycles. The van der Waals surface area contributed by atoms with E-state index in [4.69, 9.17) is 4.74 Å². The topological polar surface area (TPSA) is 50.4 Å². The van der Waals surface area contributed by atoms with Crippen LogP contribution in [0, 0.1) is 5.92 Å². The molecule has 1 fully saturated rings. The second kappa shape index (κ2) is 8.90. The number of halogens is 1. The van der Waals surface area contributed by atoms with Crippen LogP contribution in [0.2, 0.25) is 0 Å². The number of para-hydroxylation sites is 1. The zero-order valence-electron chi connectivity index (χ0n) is 12.7. The van der Waals surface area contributed by atoms with Gasteiger partial charge in [0.2, 0.25) is 5.91 Å². The fourth-order valence-electron chi connectivity index (χ4n) is 2.64. The Morgan fingerprint density at radius 1 is 1.43 bits per heavy atom. The van der Waals surface area contributed by atoms with Crippen molar-refractivity contribution in [2.75, 3.05) is 13.2 Å². The molecule has 0 radical (unpaired) electrons. The fourth-order valence-corrected chi connectivity index (χ4v) is 2.64. The van der Waals surface area contributed by atoms with Gasteiger partial charge in [-0.15, -0.1) is 12.4 Å². The van der Waals surface area contributed by atoms with Gasteiger partial charge in [0.1, 0.15) is 5.75 Å². The Bertz CT molecular complexity index is 454. The minimum absolute atomic E-state index is 0. The van der Waals surface area contributed by atoms with Gasteiger partial charge >= 0.3 is 0 Å². The maximum absolute atomic E-state index is 12.2. The van der Waals surface area contributed by atoms with E-state index >= 15 is 0 Å². The number of amides is 1. The summed E-state index contributed by atoms with van der Waals surface area (Å²) >= 11 is 0. The van der Waals surface area contributed by atoms with Crippen molar-refractivity contribution in [1.29, 1.82) is 0 Å². The van der Waals surface area contributed by atoms with Crippen LogP contribution in [0.3, 0.4) is 0 Å². The van der Waals surface area contributed by atoms with Gasteiger partial charge in [-0.2, -0.15) is 0 Å². The van der Waals surface area contributed by atoms with Crippen LogP contribution in [-0.4, -0.2) is 25.1 Å². The van der Waals surface area contributed by atoms with Crippen LogP contribution in [0.5, 0.6) is 5.75 Å². The molecule has 118 valence electrons. The minimum Gasteiger partial charge on any atom is -0.494 e. The van der Waals surface area contributed by atoms with Gasteiger partial charge in [-0.25, -0.2) is 0 Å². The first-order valence-electron chi connectivity index (χ1n) is 7.42. The van der Waals surface area contributed by atoms with Crippen molar-refractivity contribution in [2.24, 2.45) is 5.92 Å². The summed E-state index contributed by atoms with van der Waals surface area (Å²) in [6.07, 6.45) is 1.84. The summed E-state index contributed by atoms with van der Waals surface area (Å²) in [7, 11) is 0. The lowest BCUT2D eigenvalue weighted by atomic mass is 9.92. The smallest absolute Gasteiger partial charge is 0.223 e. The van der Waals surface area contributed by atoms with Crippen molar-refractivity contribution >= 4 is 18.3 Å². The third-order valence-corrected chi connectivity index (χ3v) is 3.72. The predicted molar refractivity (Wildman–Crippen MR) is 86.9 cm³/mol. The quantitative estimate of drug-likeness (QED) is 0.878. The van der Waals surface area contributed by atoms with Gasteiger partial charge in [-0.05, 0) is 39.3 Å². The molecule has 1 aromatic carbocycles. The van der Waals surface area contributed by atoms with E-state index in [1.807, 2.05) is 31.2 Å². The van der Waals surface area contributed by atoms with Crippen LogP contribution in [-0.2, 0) is 11.3 Å². The first kappa shape index (κ1) is 17.8. The molecule has 2 atom stereocenters. The first-order valence-corrected chi connectivity index (χ1v) is 7.42. The van der Waals surface area contributed by atoms with Gasteiger partial charge < -0.3 is 15.4 Å². The third kappa shape index (κ3) is 5.21. The molecule has 0 unspecified atom stereocenters. The molecule has 4 nitrogen and oxygen atoms in total. The highest BCUT2D eigenvalue weighted by Crippen LogP contribution is 2.19. The molecule has 0 saturated carbocycles. The number of hydrogen-bond acceptors (Lipinski definition) is 3. The Labute approximate surface area is 133 Å². The largest absolute Gasteiger partial charge is 0.494 e. The lowest BCUT2D eigenvalue weighted by molar-refractivity contribution is -0.126. The molecular weight excluding hydrogens is 288 g/mol. The number of ether oxygens (including phenoxy) is 1. The molecule has 0 aliphatic carbocycles. The Morgan fingerprint density at radius 2 is 2.19 bits per heavy atom. The van der Waals surface area contributed by atoms with E-state index < -0.39 is 0 Å². The summed E-state index contributed by atoms with van der Waals surface area (Å²) in [5, 5.41) is 6.41. The van der Waals surface area contributed by atoms with Gasteiger partial charge in [0.25, 0.3) is 0 Å². The van der Waals surface area contributed by atoms with Crippen LogP contribution in [0.15, 0.2) is 24.3 Å². The van der Waals surface area contributed by atoms with E-state index in [1.165, 1.54) is 0 Å². The van der Waals surface area contributed by atoms with Crippen molar-refractivity contribution in [3.8, 4) is 5.75 Å². The average molecular weight is 313 g/mol. The van der Waals surface area contributed by atoms with E-state index in [0.717, 1.165) is 30.7 Å². The van der Waals surface area contributed by atoms with E-state index in [9.17, 15) is 4.79 Å². The highest BCUT2D eigenvalue weighted by molar-refractivity contribution is 5.85. The van der Waals surface area contributed by atoms with Crippen LogP contribution < -0.4 is 15.4 Å². The van der Waals surface area contributed by atoms with Crippen LogP contribution in [0.4, 0.5) is 0 Å². The van der Waals surface area contributed by atoms with E-state index in [-0.39, 0.29) is 24.2 Å². The van der Waals surface area contributed by atoms with Crippen molar-refractivity contribution in [3.05, 3.63) is 29.8 Å². The number of carbonyl (C=O) groups is 1. The molecule has 1 saturated heterocycles. The number of piperidine rings is 1.